The van der Waals surface area contributed by atoms with Crippen molar-refractivity contribution >= 4 is 17.3 Å². The van der Waals surface area contributed by atoms with Gasteiger partial charge in [0.25, 0.3) is 0 Å². The summed E-state index contributed by atoms with van der Waals surface area (Å²) in [5.41, 5.74) is -1.04. The van der Waals surface area contributed by atoms with Gasteiger partial charge < -0.3 is 20.3 Å². The minimum Gasteiger partial charge on any atom is -0.507 e. The molecule has 0 amide bonds. The second-order valence-corrected chi connectivity index (χ2v) is 7.69. The number of fused-ring (bicyclic) bond motifs is 3. The maximum atomic E-state index is 13.5. The topological polar surface area (TPSA) is 113 Å². The van der Waals surface area contributed by atoms with Crippen LogP contribution in [0.3, 0.4) is 0 Å². The standard InChI is InChI=1S/C21H23NO6/c1-8(2)22-10(4)14-12(24)7-13-21(6,20(14)27)16-18(26)9(3)17(25)15(11(5)23)19(16)28-13/h7-8,22,25-26H,1-6H3/t21-/m0/s1. The van der Waals surface area contributed by atoms with Crippen LogP contribution in [0.25, 0.3) is 0 Å². The number of ketones is 3. The fourth-order valence-corrected chi connectivity index (χ4v) is 3.87. The Morgan fingerprint density at radius 2 is 1.79 bits per heavy atom. The molecule has 1 aliphatic carbocycles. The fourth-order valence-electron chi connectivity index (χ4n) is 3.87. The lowest BCUT2D eigenvalue weighted by Crippen LogP contribution is -2.41. The highest BCUT2D eigenvalue weighted by Crippen LogP contribution is 2.57. The molecule has 0 bridgehead atoms. The van der Waals surface area contributed by atoms with Gasteiger partial charge in [-0.2, -0.15) is 0 Å². The van der Waals surface area contributed by atoms with Crippen LogP contribution in [-0.2, 0) is 15.0 Å². The van der Waals surface area contributed by atoms with E-state index in [2.05, 4.69) is 5.32 Å². The lowest BCUT2D eigenvalue weighted by Gasteiger charge is -2.29. The van der Waals surface area contributed by atoms with E-state index in [1.54, 1.807) is 13.8 Å². The number of allylic oxidation sites excluding steroid dienone is 4. The number of hydrogen-bond donors (Lipinski definition) is 3. The molecule has 0 saturated heterocycles. The van der Waals surface area contributed by atoms with Crippen LogP contribution in [0.1, 0.15) is 56.1 Å². The third-order valence-electron chi connectivity index (χ3n) is 5.26. The Morgan fingerprint density at radius 1 is 1.18 bits per heavy atom. The zero-order valence-corrected chi connectivity index (χ0v) is 16.7. The summed E-state index contributed by atoms with van der Waals surface area (Å²) in [5, 5.41) is 24.1. The van der Waals surface area contributed by atoms with E-state index in [1.807, 2.05) is 13.8 Å². The van der Waals surface area contributed by atoms with Gasteiger partial charge in [0.05, 0.1) is 11.1 Å². The lowest BCUT2D eigenvalue weighted by atomic mass is 9.70. The summed E-state index contributed by atoms with van der Waals surface area (Å²) in [5.74, 6) is -2.32. The first-order valence-corrected chi connectivity index (χ1v) is 8.99. The smallest absolute Gasteiger partial charge is 0.194 e. The highest BCUT2D eigenvalue weighted by molar-refractivity contribution is 6.31. The number of nitrogens with one attached hydrogen (secondary N) is 1. The highest BCUT2D eigenvalue weighted by Gasteiger charge is 2.56. The number of hydrogen-bond acceptors (Lipinski definition) is 7. The molecule has 0 saturated carbocycles. The minimum absolute atomic E-state index is 0.00954. The summed E-state index contributed by atoms with van der Waals surface area (Å²) in [6, 6.07) is 0.00954. The van der Waals surface area contributed by atoms with Crippen molar-refractivity contribution in [1.82, 2.24) is 5.32 Å². The van der Waals surface area contributed by atoms with Gasteiger partial charge in [-0.3, -0.25) is 14.4 Å². The average molecular weight is 385 g/mol. The van der Waals surface area contributed by atoms with Gasteiger partial charge in [-0.25, -0.2) is 0 Å². The zero-order valence-electron chi connectivity index (χ0n) is 16.7. The summed E-state index contributed by atoms with van der Waals surface area (Å²) >= 11 is 0. The van der Waals surface area contributed by atoms with E-state index < -0.39 is 28.5 Å². The largest absolute Gasteiger partial charge is 0.507 e. The molecule has 0 aromatic heterocycles. The predicted octanol–water partition coefficient (Wildman–Crippen LogP) is 2.57. The summed E-state index contributed by atoms with van der Waals surface area (Å²) in [4.78, 5) is 38.2. The number of Topliss-reactive ketones (excluding diaryl/α,β-unsaturated/α-hetero) is 2. The molecule has 0 fully saturated rings. The number of ether oxygens (including phenoxy) is 1. The number of carbonyl (C=O) groups excluding carboxylic acids is 3. The van der Waals surface area contributed by atoms with E-state index in [0.29, 0.717) is 5.70 Å². The molecular weight excluding hydrogens is 362 g/mol. The van der Waals surface area contributed by atoms with Crippen LogP contribution in [0.2, 0.25) is 0 Å². The van der Waals surface area contributed by atoms with Gasteiger partial charge >= 0.3 is 0 Å². The van der Waals surface area contributed by atoms with Gasteiger partial charge in [-0.15, -0.1) is 0 Å². The maximum Gasteiger partial charge on any atom is 0.194 e. The number of benzene rings is 1. The van der Waals surface area contributed by atoms with Crippen molar-refractivity contribution in [2.45, 2.75) is 53.0 Å². The highest BCUT2D eigenvalue weighted by atomic mass is 16.5. The van der Waals surface area contributed by atoms with Gasteiger partial charge in [0.1, 0.15) is 34.0 Å². The molecule has 0 radical (unpaired) electrons. The third-order valence-corrected chi connectivity index (χ3v) is 5.26. The number of phenols is 2. The summed E-state index contributed by atoms with van der Waals surface area (Å²) in [6.07, 6.45) is 1.21. The normalized spacial score (nSPS) is 22.5. The Labute approximate surface area is 162 Å². The molecule has 1 aliphatic heterocycles. The summed E-state index contributed by atoms with van der Waals surface area (Å²) < 4.78 is 5.71. The van der Waals surface area contributed by atoms with Crippen LogP contribution in [0.5, 0.6) is 17.2 Å². The molecule has 3 N–H and O–H groups in total. The van der Waals surface area contributed by atoms with Crippen LogP contribution in [-0.4, -0.2) is 33.6 Å². The van der Waals surface area contributed by atoms with Gasteiger partial charge in [0.2, 0.25) is 0 Å². The predicted molar refractivity (Wildman–Crippen MR) is 102 cm³/mol. The Bertz CT molecular complexity index is 1010. The van der Waals surface area contributed by atoms with Gasteiger partial charge in [-0.05, 0) is 41.5 Å². The van der Waals surface area contributed by atoms with Gasteiger partial charge in [-0.1, -0.05) is 0 Å². The lowest BCUT2D eigenvalue weighted by molar-refractivity contribution is -0.123. The molecule has 1 heterocycles. The molecule has 2 aliphatic rings. The van der Waals surface area contributed by atoms with Crippen LogP contribution in [0.15, 0.2) is 23.1 Å². The molecule has 0 spiro atoms. The molecule has 1 atom stereocenters. The Hall–Kier alpha value is -3.09. The van der Waals surface area contributed by atoms with Crippen molar-refractivity contribution in [3.8, 4) is 17.2 Å². The average Bonchev–Trinajstić information content (AvgIpc) is 2.85. The van der Waals surface area contributed by atoms with E-state index in [0.717, 1.165) is 0 Å². The van der Waals surface area contributed by atoms with Crippen molar-refractivity contribution in [1.29, 1.82) is 0 Å². The Morgan fingerprint density at radius 3 is 2.32 bits per heavy atom. The molecule has 7 nitrogen and oxygen atoms in total. The van der Waals surface area contributed by atoms with Gasteiger partial charge in [0.15, 0.2) is 17.3 Å². The quantitative estimate of drug-likeness (QED) is 0.416. The first-order chi connectivity index (χ1) is 12.9. The van der Waals surface area contributed by atoms with E-state index >= 15 is 0 Å². The Balaban J connectivity index is 2.35. The number of rotatable bonds is 3. The van der Waals surface area contributed by atoms with Crippen molar-refractivity contribution in [3.63, 3.8) is 0 Å². The molecule has 148 valence electrons. The third kappa shape index (κ3) is 2.46. The first-order valence-electron chi connectivity index (χ1n) is 8.99. The van der Waals surface area contributed by atoms with E-state index in [1.165, 1.54) is 19.9 Å². The number of aromatic hydroxyl groups is 2. The fraction of sp³-hybridized carbons (Fsp3) is 0.381. The molecule has 28 heavy (non-hydrogen) atoms. The molecule has 1 aromatic rings. The first kappa shape index (κ1) is 19.7. The Kier molecular flexibility index (Phi) is 4.37. The van der Waals surface area contributed by atoms with E-state index in [4.69, 9.17) is 4.74 Å². The monoisotopic (exact) mass is 385 g/mol. The summed E-state index contributed by atoms with van der Waals surface area (Å²) in [6.45, 7) is 9.66. The van der Waals surface area contributed by atoms with Crippen molar-refractivity contribution in [3.05, 3.63) is 39.8 Å². The van der Waals surface area contributed by atoms with Crippen LogP contribution in [0, 0.1) is 6.92 Å². The van der Waals surface area contributed by atoms with E-state index in [9.17, 15) is 24.6 Å². The van der Waals surface area contributed by atoms with Crippen LogP contribution in [0.4, 0.5) is 0 Å². The van der Waals surface area contributed by atoms with Crippen LogP contribution < -0.4 is 10.1 Å². The molecular formula is C21H23NO6. The van der Waals surface area contributed by atoms with E-state index in [-0.39, 0.29) is 45.6 Å². The summed E-state index contributed by atoms with van der Waals surface area (Å²) in [7, 11) is 0. The molecule has 0 unspecified atom stereocenters. The van der Waals surface area contributed by atoms with Crippen molar-refractivity contribution in [2.75, 3.05) is 0 Å². The van der Waals surface area contributed by atoms with Gasteiger partial charge in [0, 0.05) is 23.4 Å². The minimum atomic E-state index is -1.48. The number of phenolic OH excluding ortho intramolecular Hbond substituents is 2. The molecule has 3 rings (SSSR count). The molecule has 1 aromatic carbocycles. The van der Waals surface area contributed by atoms with Crippen LogP contribution >= 0.6 is 0 Å². The second-order valence-electron chi connectivity index (χ2n) is 7.69. The SMILES string of the molecule is CC(=O)c1c(O)c(C)c(O)c2c1OC1=CC(=O)C(=C(C)NC(C)C)C(=O)[C@@]12C. The van der Waals surface area contributed by atoms with Crippen molar-refractivity contribution in [2.24, 2.45) is 0 Å². The maximum absolute atomic E-state index is 13.5. The molecule has 7 heteroatoms. The second kappa shape index (κ2) is 6.22. The number of carbonyl (C=O) groups is 3. The zero-order chi connectivity index (χ0) is 21.1. The van der Waals surface area contributed by atoms with Crippen molar-refractivity contribution < 1.29 is 29.3 Å².